The van der Waals surface area contributed by atoms with E-state index in [2.05, 4.69) is 5.10 Å². The molecule has 2 rings (SSSR count). The molecule has 0 unspecified atom stereocenters. The minimum absolute atomic E-state index is 0.556. The summed E-state index contributed by atoms with van der Waals surface area (Å²) in [6.07, 6.45) is 5.90. The lowest BCUT2D eigenvalue weighted by Crippen LogP contribution is -1.97. The van der Waals surface area contributed by atoms with Gasteiger partial charge >= 0.3 is 5.97 Å². The number of nitrogens with zero attached hydrogens (tertiary/aromatic N) is 2. The Kier molecular flexibility index (Phi) is 3.48. The lowest BCUT2D eigenvalue weighted by atomic mass is 10.1. The lowest BCUT2D eigenvalue weighted by molar-refractivity contribution is -0.131. The average Bonchev–Trinajstić information content (AvgIpc) is 2.74. The molecule has 0 aliphatic heterocycles. The number of hydrogen-bond donors (Lipinski definition) is 1. The number of aryl methyl sites for hydroxylation is 1. The van der Waals surface area contributed by atoms with Crippen LogP contribution in [0.4, 0.5) is 0 Å². The molecule has 1 heterocycles. The molecule has 0 fully saturated rings. The molecule has 1 aromatic carbocycles. The van der Waals surface area contributed by atoms with E-state index in [0.717, 1.165) is 22.9 Å². The molecule has 0 aliphatic rings. The van der Waals surface area contributed by atoms with Crippen LogP contribution in [0.15, 0.2) is 36.7 Å². The highest BCUT2D eigenvalue weighted by molar-refractivity contribution is 6.30. The number of aliphatic carboxylic acids is 1. The van der Waals surface area contributed by atoms with Crippen molar-refractivity contribution >= 4 is 23.6 Å². The molecule has 1 aromatic heterocycles. The standard InChI is InChI=1S/C13H11ClN2O2/c1-9-2-3-10(4-5-13(17)18)6-12(9)16-8-11(14)7-15-16/h2-8H,1H3,(H,17,18)/b5-4+. The number of hydrogen-bond acceptors (Lipinski definition) is 2. The smallest absolute Gasteiger partial charge is 0.328 e. The van der Waals surface area contributed by atoms with Crippen molar-refractivity contribution in [2.75, 3.05) is 0 Å². The van der Waals surface area contributed by atoms with Crippen LogP contribution in [0.25, 0.3) is 11.8 Å². The van der Waals surface area contributed by atoms with Gasteiger partial charge in [-0.2, -0.15) is 5.10 Å². The van der Waals surface area contributed by atoms with Crippen LogP contribution < -0.4 is 0 Å². The number of carboxylic acid groups (broad SMARTS) is 1. The number of rotatable bonds is 3. The first-order valence-electron chi connectivity index (χ1n) is 5.28. The molecule has 0 aliphatic carbocycles. The number of benzene rings is 1. The first-order valence-corrected chi connectivity index (χ1v) is 5.66. The fourth-order valence-corrected chi connectivity index (χ4v) is 1.71. The molecule has 0 saturated carbocycles. The Bertz CT molecular complexity index is 617. The second-order valence-electron chi connectivity index (χ2n) is 3.82. The number of halogens is 1. The van der Waals surface area contributed by atoms with E-state index < -0.39 is 5.97 Å². The molecule has 2 aromatic rings. The van der Waals surface area contributed by atoms with Crippen molar-refractivity contribution in [3.63, 3.8) is 0 Å². The van der Waals surface area contributed by atoms with Crippen molar-refractivity contribution in [3.05, 3.63) is 52.8 Å². The largest absolute Gasteiger partial charge is 0.478 e. The maximum atomic E-state index is 10.5. The Morgan fingerprint density at radius 1 is 1.50 bits per heavy atom. The summed E-state index contributed by atoms with van der Waals surface area (Å²) in [6, 6.07) is 5.62. The highest BCUT2D eigenvalue weighted by Gasteiger charge is 2.03. The number of aromatic nitrogens is 2. The first-order chi connectivity index (χ1) is 8.56. The van der Waals surface area contributed by atoms with Gasteiger partial charge < -0.3 is 5.11 Å². The third-order valence-electron chi connectivity index (χ3n) is 2.45. The Balaban J connectivity index is 2.41. The maximum absolute atomic E-state index is 10.5. The van der Waals surface area contributed by atoms with Crippen LogP contribution in [0.3, 0.4) is 0 Å². The zero-order valence-corrected chi connectivity index (χ0v) is 10.4. The second kappa shape index (κ2) is 5.06. The molecule has 5 heteroatoms. The molecule has 4 nitrogen and oxygen atoms in total. The van der Waals surface area contributed by atoms with Gasteiger partial charge in [0.05, 0.1) is 16.9 Å². The molecule has 18 heavy (non-hydrogen) atoms. The molecular weight excluding hydrogens is 252 g/mol. The molecule has 0 saturated heterocycles. The van der Waals surface area contributed by atoms with E-state index in [1.165, 1.54) is 6.08 Å². The van der Waals surface area contributed by atoms with Crippen LogP contribution in [-0.4, -0.2) is 20.9 Å². The Hall–Kier alpha value is -2.07. The van der Waals surface area contributed by atoms with Crippen molar-refractivity contribution in [3.8, 4) is 5.69 Å². The first kappa shape index (κ1) is 12.4. The molecular formula is C13H11ClN2O2. The van der Waals surface area contributed by atoms with E-state index in [0.29, 0.717) is 5.02 Å². The van der Waals surface area contributed by atoms with Gasteiger partial charge in [0.1, 0.15) is 0 Å². The topological polar surface area (TPSA) is 55.1 Å². The quantitative estimate of drug-likeness (QED) is 0.866. The van der Waals surface area contributed by atoms with E-state index in [9.17, 15) is 4.79 Å². The predicted molar refractivity (Wildman–Crippen MR) is 70.0 cm³/mol. The Morgan fingerprint density at radius 3 is 2.89 bits per heavy atom. The van der Waals surface area contributed by atoms with E-state index in [1.807, 2.05) is 25.1 Å². The van der Waals surface area contributed by atoms with Crippen LogP contribution in [0.2, 0.25) is 5.02 Å². The van der Waals surface area contributed by atoms with Crippen molar-refractivity contribution in [1.82, 2.24) is 9.78 Å². The summed E-state index contributed by atoms with van der Waals surface area (Å²) in [7, 11) is 0. The van der Waals surface area contributed by atoms with Gasteiger partial charge in [0.2, 0.25) is 0 Å². The summed E-state index contributed by atoms with van der Waals surface area (Å²) in [5, 5.41) is 13.3. The van der Waals surface area contributed by atoms with Crippen molar-refractivity contribution in [1.29, 1.82) is 0 Å². The molecule has 92 valence electrons. The normalized spacial score (nSPS) is 11.0. The average molecular weight is 263 g/mol. The van der Waals surface area contributed by atoms with E-state index >= 15 is 0 Å². The highest BCUT2D eigenvalue weighted by Crippen LogP contribution is 2.18. The minimum atomic E-state index is -0.973. The summed E-state index contributed by atoms with van der Waals surface area (Å²) in [5.74, 6) is -0.973. The summed E-state index contributed by atoms with van der Waals surface area (Å²) in [6.45, 7) is 1.95. The fourth-order valence-electron chi connectivity index (χ4n) is 1.58. The molecule has 1 N–H and O–H groups in total. The lowest BCUT2D eigenvalue weighted by Gasteiger charge is -2.06. The van der Waals surface area contributed by atoms with Crippen LogP contribution in [-0.2, 0) is 4.79 Å². The highest BCUT2D eigenvalue weighted by atomic mass is 35.5. The van der Waals surface area contributed by atoms with Crippen LogP contribution in [0.5, 0.6) is 0 Å². The predicted octanol–water partition coefficient (Wildman–Crippen LogP) is 2.93. The minimum Gasteiger partial charge on any atom is -0.478 e. The second-order valence-corrected chi connectivity index (χ2v) is 4.26. The zero-order valence-electron chi connectivity index (χ0n) is 9.67. The Labute approximate surface area is 109 Å². The van der Waals surface area contributed by atoms with Crippen molar-refractivity contribution < 1.29 is 9.90 Å². The third-order valence-corrected chi connectivity index (χ3v) is 2.64. The van der Waals surface area contributed by atoms with Gasteiger partial charge in [0, 0.05) is 12.3 Å². The maximum Gasteiger partial charge on any atom is 0.328 e. The Morgan fingerprint density at radius 2 is 2.28 bits per heavy atom. The van der Waals surface area contributed by atoms with E-state index in [1.54, 1.807) is 17.1 Å². The van der Waals surface area contributed by atoms with Crippen molar-refractivity contribution in [2.24, 2.45) is 0 Å². The van der Waals surface area contributed by atoms with Gasteiger partial charge in [-0.1, -0.05) is 23.7 Å². The van der Waals surface area contributed by atoms with Gasteiger partial charge in [-0.15, -0.1) is 0 Å². The van der Waals surface area contributed by atoms with Gasteiger partial charge in [-0.25, -0.2) is 9.48 Å². The van der Waals surface area contributed by atoms with Crippen LogP contribution in [0.1, 0.15) is 11.1 Å². The zero-order chi connectivity index (χ0) is 13.1. The molecule has 0 radical (unpaired) electrons. The summed E-state index contributed by atoms with van der Waals surface area (Å²) >= 11 is 5.83. The van der Waals surface area contributed by atoms with Crippen molar-refractivity contribution in [2.45, 2.75) is 6.92 Å². The van der Waals surface area contributed by atoms with E-state index in [4.69, 9.17) is 16.7 Å². The molecule has 0 atom stereocenters. The van der Waals surface area contributed by atoms with Gasteiger partial charge in [-0.3, -0.25) is 0 Å². The fraction of sp³-hybridized carbons (Fsp3) is 0.0769. The van der Waals surface area contributed by atoms with Gasteiger partial charge in [0.15, 0.2) is 0 Å². The van der Waals surface area contributed by atoms with E-state index in [-0.39, 0.29) is 0 Å². The molecule has 0 amide bonds. The summed E-state index contributed by atoms with van der Waals surface area (Å²) in [5.41, 5.74) is 2.70. The summed E-state index contributed by atoms with van der Waals surface area (Å²) < 4.78 is 1.66. The van der Waals surface area contributed by atoms with Gasteiger partial charge in [0.25, 0.3) is 0 Å². The van der Waals surface area contributed by atoms with Gasteiger partial charge in [-0.05, 0) is 30.2 Å². The summed E-state index contributed by atoms with van der Waals surface area (Å²) in [4.78, 5) is 10.5. The third kappa shape index (κ3) is 2.78. The number of carboxylic acids is 1. The number of carbonyl (C=O) groups is 1. The monoisotopic (exact) mass is 262 g/mol. The SMILES string of the molecule is Cc1ccc(/C=C/C(=O)O)cc1-n1cc(Cl)cn1. The molecule has 0 bridgehead atoms. The van der Waals surface area contributed by atoms with Crippen LogP contribution in [0, 0.1) is 6.92 Å². The molecule has 0 spiro atoms. The van der Waals surface area contributed by atoms with Crippen LogP contribution >= 0.6 is 11.6 Å².